The molecule has 0 radical (unpaired) electrons. The number of hydrogen-bond acceptors (Lipinski definition) is 2. The lowest BCUT2D eigenvalue weighted by Gasteiger charge is -2.27. The Bertz CT molecular complexity index is 401. The van der Waals surface area contributed by atoms with E-state index in [9.17, 15) is 0 Å². The van der Waals surface area contributed by atoms with Crippen LogP contribution < -0.4 is 4.74 Å². The first-order valence-corrected chi connectivity index (χ1v) is 6.45. The Kier molecular flexibility index (Phi) is 5.21. The summed E-state index contributed by atoms with van der Waals surface area (Å²) in [5, 5.41) is 0. The molecule has 1 aromatic carbocycles. The van der Waals surface area contributed by atoms with Crippen LogP contribution in [0.15, 0.2) is 35.3 Å². The quantitative estimate of drug-likeness (QED) is 0.616. The van der Waals surface area contributed by atoms with E-state index in [0.29, 0.717) is 6.54 Å². The molecule has 0 spiro atoms. The molecular weight excluding hydrogens is 238 g/mol. The van der Waals surface area contributed by atoms with Crippen LogP contribution in [0.1, 0.15) is 13.8 Å². The van der Waals surface area contributed by atoms with Crippen molar-refractivity contribution in [1.82, 2.24) is 9.80 Å². The van der Waals surface area contributed by atoms with Crippen molar-refractivity contribution in [1.29, 1.82) is 0 Å². The first kappa shape index (κ1) is 15.3. The zero-order valence-electron chi connectivity index (χ0n) is 12.8. The van der Waals surface area contributed by atoms with Crippen LogP contribution in [0.5, 0.6) is 5.75 Å². The Balaban J connectivity index is 2.71. The Hall–Kier alpha value is -1.71. The maximum atomic E-state index is 5.97. The van der Waals surface area contributed by atoms with Crippen LogP contribution in [0.4, 0.5) is 0 Å². The number of aliphatic imine (C=N–C) groups is 1. The highest BCUT2D eigenvalue weighted by atomic mass is 16.5. The van der Waals surface area contributed by atoms with Crippen molar-refractivity contribution in [2.75, 3.05) is 34.7 Å². The highest BCUT2D eigenvalue weighted by molar-refractivity contribution is 5.79. The van der Waals surface area contributed by atoms with Gasteiger partial charge in [0.2, 0.25) is 0 Å². The molecule has 0 atom stereocenters. The summed E-state index contributed by atoms with van der Waals surface area (Å²) < 4.78 is 5.97. The molecule has 4 nitrogen and oxygen atoms in total. The lowest BCUT2D eigenvalue weighted by molar-refractivity contribution is 0.118. The van der Waals surface area contributed by atoms with Gasteiger partial charge >= 0.3 is 0 Å². The zero-order valence-corrected chi connectivity index (χ0v) is 12.8. The number of guanidine groups is 1. The molecule has 4 heteroatoms. The predicted octanol–water partition coefficient (Wildman–Crippen LogP) is 2.32. The molecule has 0 saturated heterocycles. The van der Waals surface area contributed by atoms with E-state index in [-0.39, 0.29) is 5.60 Å². The third kappa shape index (κ3) is 5.20. The highest BCUT2D eigenvalue weighted by Crippen LogP contribution is 2.18. The third-order valence-electron chi connectivity index (χ3n) is 2.54. The summed E-state index contributed by atoms with van der Waals surface area (Å²) in [5.74, 6) is 1.81. The second-order valence-corrected chi connectivity index (χ2v) is 5.58. The summed E-state index contributed by atoms with van der Waals surface area (Å²) in [5.41, 5.74) is -0.335. The van der Waals surface area contributed by atoms with E-state index in [2.05, 4.69) is 4.99 Å². The molecule has 0 aliphatic carbocycles. The summed E-state index contributed by atoms with van der Waals surface area (Å²) in [6.07, 6.45) is 0. The number of hydrogen-bond donors (Lipinski definition) is 0. The number of ether oxygens (including phenoxy) is 1. The van der Waals surface area contributed by atoms with E-state index < -0.39 is 0 Å². The Morgan fingerprint density at radius 3 is 2.05 bits per heavy atom. The molecule has 19 heavy (non-hydrogen) atoms. The average molecular weight is 263 g/mol. The lowest BCUT2D eigenvalue weighted by Crippen LogP contribution is -2.38. The fourth-order valence-electron chi connectivity index (χ4n) is 1.78. The predicted molar refractivity (Wildman–Crippen MR) is 80.8 cm³/mol. The van der Waals surface area contributed by atoms with E-state index in [1.807, 2.05) is 82.2 Å². The van der Waals surface area contributed by atoms with Crippen LogP contribution in [0, 0.1) is 0 Å². The van der Waals surface area contributed by atoms with Gasteiger partial charge in [0.1, 0.15) is 11.4 Å². The number of benzene rings is 1. The van der Waals surface area contributed by atoms with Crippen molar-refractivity contribution in [3.8, 4) is 5.75 Å². The number of rotatable bonds is 4. The van der Waals surface area contributed by atoms with Crippen LogP contribution in [-0.4, -0.2) is 56.1 Å². The van der Waals surface area contributed by atoms with Gasteiger partial charge in [0.25, 0.3) is 0 Å². The van der Waals surface area contributed by atoms with Crippen LogP contribution in [0.2, 0.25) is 0 Å². The van der Waals surface area contributed by atoms with E-state index >= 15 is 0 Å². The van der Waals surface area contributed by atoms with Gasteiger partial charge in [-0.15, -0.1) is 0 Å². The van der Waals surface area contributed by atoms with Crippen molar-refractivity contribution in [2.45, 2.75) is 19.4 Å². The van der Waals surface area contributed by atoms with E-state index in [4.69, 9.17) is 4.74 Å². The minimum atomic E-state index is -0.335. The smallest absolute Gasteiger partial charge is 0.195 e. The summed E-state index contributed by atoms with van der Waals surface area (Å²) in [6.45, 7) is 4.70. The molecule has 0 bridgehead atoms. The van der Waals surface area contributed by atoms with Crippen molar-refractivity contribution in [3.63, 3.8) is 0 Å². The summed E-state index contributed by atoms with van der Waals surface area (Å²) in [4.78, 5) is 8.63. The van der Waals surface area contributed by atoms with E-state index in [1.54, 1.807) is 0 Å². The molecule has 0 heterocycles. The van der Waals surface area contributed by atoms with Gasteiger partial charge in [0.05, 0.1) is 6.54 Å². The second kappa shape index (κ2) is 6.45. The van der Waals surface area contributed by atoms with Crippen molar-refractivity contribution in [2.24, 2.45) is 4.99 Å². The van der Waals surface area contributed by atoms with E-state index in [0.717, 1.165) is 11.7 Å². The maximum absolute atomic E-state index is 5.97. The van der Waals surface area contributed by atoms with Gasteiger partial charge in [-0.3, -0.25) is 0 Å². The van der Waals surface area contributed by atoms with Crippen LogP contribution in [0.3, 0.4) is 0 Å². The monoisotopic (exact) mass is 263 g/mol. The van der Waals surface area contributed by atoms with Crippen LogP contribution in [0.25, 0.3) is 0 Å². The molecule has 0 amide bonds. The molecule has 1 aromatic rings. The summed E-state index contributed by atoms with van der Waals surface area (Å²) >= 11 is 0. The minimum absolute atomic E-state index is 0.335. The molecule has 1 rings (SSSR count). The van der Waals surface area contributed by atoms with Gasteiger partial charge in [-0.1, -0.05) is 18.2 Å². The standard InChI is InChI=1S/C15H25N3O/c1-15(2,19-13-10-8-7-9-11-13)12-16-14(17(3)4)18(5)6/h7-11H,12H2,1-6H3. The molecule has 0 aromatic heterocycles. The molecule has 0 fully saturated rings. The third-order valence-corrected chi connectivity index (χ3v) is 2.54. The molecule has 0 aliphatic rings. The Morgan fingerprint density at radius 2 is 1.58 bits per heavy atom. The molecule has 106 valence electrons. The lowest BCUT2D eigenvalue weighted by atomic mass is 10.1. The average Bonchev–Trinajstić information content (AvgIpc) is 2.28. The number of nitrogens with zero attached hydrogens (tertiary/aromatic N) is 3. The highest BCUT2D eigenvalue weighted by Gasteiger charge is 2.20. The fourth-order valence-corrected chi connectivity index (χ4v) is 1.78. The van der Waals surface area contributed by atoms with Gasteiger partial charge < -0.3 is 14.5 Å². The van der Waals surface area contributed by atoms with Crippen molar-refractivity contribution >= 4 is 5.96 Å². The minimum Gasteiger partial charge on any atom is -0.486 e. The summed E-state index contributed by atoms with van der Waals surface area (Å²) in [7, 11) is 7.96. The largest absolute Gasteiger partial charge is 0.486 e. The van der Waals surface area contributed by atoms with Gasteiger partial charge in [-0.2, -0.15) is 0 Å². The number of para-hydroxylation sites is 1. The maximum Gasteiger partial charge on any atom is 0.195 e. The molecule has 0 unspecified atom stereocenters. The molecule has 0 N–H and O–H groups in total. The Labute approximate surface area is 116 Å². The Morgan fingerprint density at radius 1 is 1.05 bits per heavy atom. The second-order valence-electron chi connectivity index (χ2n) is 5.58. The van der Waals surface area contributed by atoms with Crippen LogP contribution >= 0.6 is 0 Å². The topological polar surface area (TPSA) is 28.1 Å². The fraction of sp³-hybridized carbons (Fsp3) is 0.533. The van der Waals surface area contributed by atoms with Crippen LogP contribution in [-0.2, 0) is 0 Å². The van der Waals surface area contributed by atoms with Gasteiger partial charge in [-0.25, -0.2) is 4.99 Å². The molecule has 0 saturated carbocycles. The van der Waals surface area contributed by atoms with Gasteiger partial charge in [-0.05, 0) is 26.0 Å². The van der Waals surface area contributed by atoms with Crippen molar-refractivity contribution in [3.05, 3.63) is 30.3 Å². The molecule has 0 aliphatic heterocycles. The zero-order chi connectivity index (χ0) is 14.5. The van der Waals surface area contributed by atoms with E-state index in [1.165, 1.54) is 0 Å². The first-order valence-electron chi connectivity index (χ1n) is 6.45. The SMILES string of the molecule is CN(C)C(=NCC(C)(C)Oc1ccccc1)N(C)C. The summed E-state index contributed by atoms with van der Waals surface area (Å²) in [6, 6.07) is 9.85. The van der Waals surface area contributed by atoms with Gasteiger partial charge in [0.15, 0.2) is 5.96 Å². The molecular formula is C15H25N3O. The van der Waals surface area contributed by atoms with Gasteiger partial charge in [0, 0.05) is 28.2 Å². The van der Waals surface area contributed by atoms with Crippen molar-refractivity contribution < 1.29 is 4.74 Å². The normalized spacial score (nSPS) is 10.8. The first-order chi connectivity index (χ1) is 8.82.